The van der Waals surface area contributed by atoms with E-state index in [4.69, 9.17) is 0 Å². The van der Waals surface area contributed by atoms with E-state index < -0.39 is 7.25 Å². The quantitative estimate of drug-likeness (QED) is 0.170. The maximum atomic E-state index is 9.75. The lowest BCUT2D eigenvalue weighted by Crippen LogP contribution is -2.34. The van der Waals surface area contributed by atoms with Crippen LogP contribution in [0, 0.1) is 20.8 Å². The summed E-state index contributed by atoms with van der Waals surface area (Å²) in [6.45, 7) is 6.60. The molecule has 0 bridgehead atoms. The fourth-order valence-electron chi connectivity index (χ4n) is 4.21. The molecule has 1 heterocycles. The van der Waals surface area contributed by atoms with E-state index >= 15 is 0 Å². The first-order valence-corrected chi connectivity index (χ1v) is 10.6. The Labute approximate surface area is 192 Å². The third-order valence-corrected chi connectivity index (χ3v) is 5.41. The number of hydrogen-bond acceptors (Lipinski definition) is 0. The van der Waals surface area contributed by atoms with Gasteiger partial charge in [-0.15, -0.1) is 0 Å². The molecule has 170 valence electrons. The normalized spacial score (nSPS) is 11.0. The summed E-state index contributed by atoms with van der Waals surface area (Å²) in [5.41, 5.74) is 11.5. The number of aromatic nitrogens is 1. The summed E-state index contributed by atoms with van der Waals surface area (Å²) >= 11 is 0. The largest absolute Gasteiger partial charge is 0.673 e. The van der Waals surface area contributed by atoms with Crippen molar-refractivity contribution in [2.75, 3.05) is 0 Å². The molecular formula is C27H26BF4N. The van der Waals surface area contributed by atoms with Crippen molar-refractivity contribution in [1.82, 2.24) is 0 Å². The van der Waals surface area contributed by atoms with Crippen LogP contribution in [0.15, 0.2) is 84.9 Å². The Balaban J connectivity index is 0.000000555. The predicted molar refractivity (Wildman–Crippen MR) is 128 cm³/mol. The fraction of sp³-hybridized carbons (Fsp3) is 0.148. The minimum absolute atomic E-state index is 1.22. The maximum Gasteiger partial charge on any atom is 0.673 e. The Hall–Kier alpha value is -3.41. The lowest BCUT2D eigenvalue weighted by molar-refractivity contribution is -0.649. The van der Waals surface area contributed by atoms with Gasteiger partial charge in [-0.1, -0.05) is 54.1 Å². The van der Waals surface area contributed by atoms with E-state index in [-0.39, 0.29) is 0 Å². The Morgan fingerprint density at radius 2 is 0.939 bits per heavy atom. The summed E-state index contributed by atoms with van der Waals surface area (Å²) in [6, 6.07) is 30.5. The highest BCUT2D eigenvalue weighted by atomic mass is 19.5. The molecule has 0 radical (unpaired) electrons. The molecule has 33 heavy (non-hydrogen) atoms. The van der Waals surface area contributed by atoms with Gasteiger partial charge in [0.1, 0.15) is 7.05 Å². The molecule has 0 spiro atoms. The van der Waals surface area contributed by atoms with Crippen LogP contribution >= 0.6 is 0 Å². The number of hydrogen-bond donors (Lipinski definition) is 0. The van der Waals surface area contributed by atoms with Gasteiger partial charge in [0.15, 0.2) is 0 Å². The van der Waals surface area contributed by atoms with E-state index in [1.807, 2.05) is 0 Å². The first kappa shape index (κ1) is 24.2. The predicted octanol–water partition coefficient (Wildman–Crippen LogP) is 7.74. The smallest absolute Gasteiger partial charge is 0.418 e. The molecule has 0 aliphatic carbocycles. The van der Waals surface area contributed by atoms with E-state index in [2.05, 4.69) is 117 Å². The van der Waals surface area contributed by atoms with E-state index in [1.54, 1.807) is 0 Å². The van der Waals surface area contributed by atoms with Crippen LogP contribution in [0.4, 0.5) is 17.3 Å². The molecule has 0 aliphatic heterocycles. The van der Waals surface area contributed by atoms with Crippen LogP contribution in [-0.2, 0) is 7.05 Å². The van der Waals surface area contributed by atoms with Crippen LogP contribution in [0.3, 0.4) is 0 Å². The second kappa shape index (κ2) is 10.0. The van der Waals surface area contributed by atoms with Crippen LogP contribution in [0.25, 0.3) is 33.6 Å². The highest BCUT2D eigenvalue weighted by Crippen LogP contribution is 2.33. The molecule has 0 saturated heterocycles. The third kappa shape index (κ3) is 6.31. The van der Waals surface area contributed by atoms with Crippen molar-refractivity contribution in [2.45, 2.75) is 20.8 Å². The number of aryl methyl sites for hydroxylation is 3. The summed E-state index contributed by atoms with van der Waals surface area (Å²) in [6.07, 6.45) is 0. The van der Waals surface area contributed by atoms with Crippen molar-refractivity contribution < 1.29 is 21.8 Å². The summed E-state index contributed by atoms with van der Waals surface area (Å²) in [4.78, 5) is 0. The monoisotopic (exact) mass is 451 g/mol. The lowest BCUT2D eigenvalue weighted by atomic mass is 9.92. The number of rotatable bonds is 3. The van der Waals surface area contributed by atoms with Crippen molar-refractivity contribution in [2.24, 2.45) is 7.05 Å². The van der Waals surface area contributed by atoms with Gasteiger partial charge >= 0.3 is 7.25 Å². The Morgan fingerprint density at radius 1 is 0.576 bits per heavy atom. The van der Waals surface area contributed by atoms with Crippen LogP contribution in [0.2, 0.25) is 0 Å². The minimum Gasteiger partial charge on any atom is -0.418 e. The average Bonchev–Trinajstić information content (AvgIpc) is 2.74. The zero-order valence-electron chi connectivity index (χ0n) is 19.1. The third-order valence-electron chi connectivity index (χ3n) is 5.41. The lowest BCUT2D eigenvalue weighted by Gasteiger charge is -2.14. The van der Waals surface area contributed by atoms with E-state index in [0.29, 0.717) is 0 Å². The Kier molecular flexibility index (Phi) is 7.37. The highest BCUT2D eigenvalue weighted by Gasteiger charge is 2.21. The Bertz CT molecular complexity index is 1150. The Morgan fingerprint density at radius 3 is 1.30 bits per heavy atom. The number of benzene rings is 3. The van der Waals surface area contributed by atoms with Crippen LogP contribution in [0.5, 0.6) is 0 Å². The van der Waals surface area contributed by atoms with Gasteiger partial charge in [-0.05, 0) is 67.3 Å². The van der Waals surface area contributed by atoms with Crippen LogP contribution < -0.4 is 4.57 Å². The molecule has 3 aromatic carbocycles. The number of halogens is 4. The van der Waals surface area contributed by atoms with Gasteiger partial charge in [0.2, 0.25) is 11.4 Å². The van der Waals surface area contributed by atoms with E-state index in [0.717, 1.165) is 0 Å². The summed E-state index contributed by atoms with van der Waals surface area (Å²) in [5.74, 6) is 0. The molecule has 4 aromatic rings. The molecule has 1 aromatic heterocycles. The first-order chi connectivity index (χ1) is 15.5. The topological polar surface area (TPSA) is 3.88 Å². The van der Waals surface area contributed by atoms with Crippen LogP contribution in [0.1, 0.15) is 16.7 Å². The molecule has 1 nitrogen and oxygen atoms in total. The van der Waals surface area contributed by atoms with Crippen LogP contribution in [-0.4, -0.2) is 7.25 Å². The number of pyridine rings is 1. The van der Waals surface area contributed by atoms with E-state index in [1.165, 1.54) is 50.3 Å². The molecule has 0 fully saturated rings. The van der Waals surface area contributed by atoms with Gasteiger partial charge in [0, 0.05) is 23.3 Å². The zero-order valence-corrected chi connectivity index (χ0v) is 19.1. The second-order valence-corrected chi connectivity index (χ2v) is 8.07. The van der Waals surface area contributed by atoms with Gasteiger partial charge in [0.05, 0.1) is 0 Å². The van der Waals surface area contributed by atoms with Crippen molar-refractivity contribution in [3.05, 3.63) is 102 Å². The van der Waals surface area contributed by atoms with Gasteiger partial charge in [-0.3, -0.25) is 0 Å². The molecule has 0 amide bonds. The molecule has 0 unspecified atom stereocenters. The first-order valence-electron chi connectivity index (χ1n) is 10.6. The standard InChI is InChI=1S/C27H26N.BF4/c1-19-15-20(2)27(21(3)16-19)24-17-25(22-11-7-5-8-12-22)28(4)26(18-24)23-13-9-6-10-14-23;2-1(3,4)5/h5-18H,1-4H3;/q+1;-1. The fourth-order valence-corrected chi connectivity index (χ4v) is 4.21. The molecule has 4 rings (SSSR count). The maximum absolute atomic E-state index is 9.75. The van der Waals surface area contributed by atoms with E-state index in [9.17, 15) is 17.3 Å². The van der Waals surface area contributed by atoms with Crippen molar-refractivity contribution >= 4 is 7.25 Å². The molecule has 0 atom stereocenters. The van der Waals surface area contributed by atoms with Crippen molar-refractivity contribution in [3.8, 4) is 33.6 Å². The van der Waals surface area contributed by atoms with Crippen molar-refractivity contribution in [1.29, 1.82) is 0 Å². The van der Waals surface area contributed by atoms with Crippen molar-refractivity contribution in [3.63, 3.8) is 0 Å². The SMILES string of the molecule is Cc1cc(C)c(-c2cc(-c3ccccc3)[n+](C)c(-c3ccccc3)c2)c(C)c1.F[B-](F)(F)F. The van der Waals surface area contributed by atoms with Gasteiger partial charge in [-0.2, -0.15) is 4.57 Å². The van der Waals surface area contributed by atoms with Gasteiger partial charge < -0.3 is 17.3 Å². The second-order valence-electron chi connectivity index (χ2n) is 8.07. The molecule has 0 N–H and O–H groups in total. The molecule has 0 aliphatic rings. The average molecular weight is 451 g/mol. The molecule has 6 heteroatoms. The molecule has 0 saturated carbocycles. The molecular weight excluding hydrogens is 425 g/mol. The summed E-state index contributed by atoms with van der Waals surface area (Å²) < 4.78 is 41.3. The number of nitrogens with zero attached hydrogens (tertiary/aromatic N) is 1. The zero-order chi connectivity index (χ0) is 24.2. The highest BCUT2D eigenvalue weighted by molar-refractivity contribution is 6.50. The van der Waals surface area contributed by atoms with Gasteiger partial charge in [0.25, 0.3) is 0 Å². The summed E-state index contributed by atoms with van der Waals surface area (Å²) in [5, 5.41) is 0. The minimum atomic E-state index is -6.00. The summed E-state index contributed by atoms with van der Waals surface area (Å²) in [7, 11) is -3.84. The van der Waals surface area contributed by atoms with Gasteiger partial charge in [-0.25, -0.2) is 0 Å².